The van der Waals surface area contributed by atoms with E-state index >= 15 is 0 Å². The van der Waals surface area contributed by atoms with E-state index in [1.165, 1.54) is 11.3 Å². The number of nitrogens with one attached hydrogen (secondary N) is 1. The Morgan fingerprint density at radius 1 is 1.23 bits per heavy atom. The minimum atomic E-state index is -3.67. The molecule has 0 amide bonds. The maximum atomic E-state index is 13.2. The van der Waals surface area contributed by atoms with Crippen molar-refractivity contribution in [2.75, 3.05) is 33.4 Å². The summed E-state index contributed by atoms with van der Waals surface area (Å²) in [5.74, 6) is -0.0868. The van der Waals surface area contributed by atoms with Crippen LogP contribution in [0.25, 0.3) is 16.6 Å². The fraction of sp³-hybridized carbons (Fsp3) is 0.467. The van der Waals surface area contributed by atoms with Crippen molar-refractivity contribution in [3.8, 4) is 5.88 Å². The molecule has 1 fully saturated rings. The van der Waals surface area contributed by atoms with Gasteiger partial charge in [-0.05, 0) is 68.5 Å². The highest BCUT2D eigenvalue weighted by atomic mass is 32.2. The predicted octanol–water partition coefficient (Wildman–Crippen LogP) is 4.29. The number of benzene rings is 1. The lowest BCUT2D eigenvalue weighted by molar-refractivity contribution is -0.133. The summed E-state index contributed by atoms with van der Waals surface area (Å²) in [4.78, 5) is 20.2. The molecule has 0 saturated carbocycles. The van der Waals surface area contributed by atoms with Gasteiger partial charge in [0.25, 0.3) is 0 Å². The topological polar surface area (TPSA) is 103 Å². The van der Waals surface area contributed by atoms with Gasteiger partial charge >= 0.3 is 5.97 Å². The molecule has 0 aliphatic carbocycles. The second-order valence-electron chi connectivity index (χ2n) is 11.0. The molecule has 10 heteroatoms. The largest absolute Gasteiger partial charge is 0.407 e. The normalized spacial score (nSPS) is 22.1. The van der Waals surface area contributed by atoms with E-state index in [1.54, 1.807) is 37.6 Å². The Labute approximate surface area is 235 Å². The van der Waals surface area contributed by atoms with Crippen molar-refractivity contribution >= 4 is 32.6 Å². The molecular weight excluding hydrogens is 528 g/mol. The van der Waals surface area contributed by atoms with Crippen LogP contribution in [0, 0.1) is 5.41 Å². The number of ether oxygens (including phenoxy) is 2. The summed E-state index contributed by atoms with van der Waals surface area (Å²) in [7, 11) is -2.07. The van der Waals surface area contributed by atoms with E-state index in [0.29, 0.717) is 19.6 Å². The molecule has 0 bridgehead atoms. The van der Waals surface area contributed by atoms with Crippen LogP contribution in [0.2, 0.25) is 0 Å². The molecule has 40 heavy (non-hydrogen) atoms. The van der Waals surface area contributed by atoms with Gasteiger partial charge in [0.1, 0.15) is 0 Å². The van der Waals surface area contributed by atoms with Crippen LogP contribution in [0.4, 0.5) is 0 Å². The number of piperidine rings is 1. The first kappa shape index (κ1) is 27.1. The molecule has 6 rings (SSSR count). The van der Waals surface area contributed by atoms with Crippen molar-refractivity contribution in [2.45, 2.75) is 56.4 Å². The van der Waals surface area contributed by atoms with Crippen LogP contribution in [0.1, 0.15) is 56.3 Å². The molecular formula is C30H36N4O5S. The van der Waals surface area contributed by atoms with E-state index in [1.807, 2.05) is 12.1 Å². The summed E-state index contributed by atoms with van der Waals surface area (Å²) in [5.41, 5.74) is 4.13. The second kappa shape index (κ2) is 10.7. The van der Waals surface area contributed by atoms with Crippen molar-refractivity contribution in [1.29, 1.82) is 0 Å². The Balaban J connectivity index is 1.44. The van der Waals surface area contributed by atoms with Crippen LogP contribution < -0.4 is 9.46 Å². The number of pyridine rings is 1. The average molecular weight is 565 g/mol. The molecule has 3 aliphatic rings. The Bertz CT molecular complexity index is 1570. The van der Waals surface area contributed by atoms with Crippen LogP contribution >= 0.6 is 0 Å². The van der Waals surface area contributed by atoms with Crippen molar-refractivity contribution in [1.82, 2.24) is 19.2 Å². The first-order chi connectivity index (χ1) is 19.4. The van der Waals surface area contributed by atoms with Gasteiger partial charge in [-0.2, -0.15) is 0 Å². The zero-order chi connectivity index (χ0) is 27.9. The van der Waals surface area contributed by atoms with Gasteiger partial charge in [-0.15, -0.1) is 0 Å². The minimum absolute atomic E-state index is 0.0871. The fourth-order valence-electron chi connectivity index (χ4n) is 6.93. The summed E-state index contributed by atoms with van der Waals surface area (Å²) < 4.78 is 41.9. The van der Waals surface area contributed by atoms with Gasteiger partial charge < -0.3 is 14.0 Å². The van der Waals surface area contributed by atoms with Crippen molar-refractivity contribution in [3.05, 3.63) is 59.9 Å². The Kier molecular flexibility index (Phi) is 7.28. The van der Waals surface area contributed by atoms with E-state index in [2.05, 4.69) is 32.2 Å². The average Bonchev–Trinajstić information content (AvgIpc) is 3.30. The number of fused-ring (bicyclic) bond motifs is 3. The standard InChI is InChI=1S/C30H36N4O5S/c1-3-30-12-6-15-33-16-11-23-24-19-22(40(36,37)32-14-7-17-38-2)9-10-25(24)34(28(23)29(30)33)21(20-30)18-27(35)39-26-8-4-5-13-31-26/h4-5,8-10,13,19-20,29,32H,3,6-7,11-12,14-18H2,1-2H3/t29-,30+/m1/s1. The molecule has 3 aromatic rings. The molecule has 9 nitrogen and oxygen atoms in total. The molecule has 2 aromatic heterocycles. The van der Waals surface area contributed by atoms with Gasteiger partial charge in [-0.3, -0.25) is 9.69 Å². The van der Waals surface area contributed by atoms with Gasteiger partial charge in [0.15, 0.2) is 0 Å². The predicted molar refractivity (Wildman–Crippen MR) is 152 cm³/mol. The smallest absolute Gasteiger partial charge is 0.318 e. The van der Waals surface area contributed by atoms with Gasteiger partial charge in [0, 0.05) is 61.3 Å². The van der Waals surface area contributed by atoms with Gasteiger partial charge in [-0.1, -0.05) is 19.1 Å². The van der Waals surface area contributed by atoms with E-state index in [0.717, 1.165) is 55.4 Å². The third-order valence-electron chi connectivity index (χ3n) is 8.70. The highest BCUT2D eigenvalue weighted by Gasteiger charge is 2.50. The second-order valence-corrected chi connectivity index (χ2v) is 12.7. The Hall–Kier alpha value is -3.05. The minimum Gasteiger partial charge on any atom is -0.407 e. The lowest BCUT2D eigenvalue weighted by atomic mass is 9.66. The van der Waals surface area contributed by atoms with Crippen molar-refractivity contribution < 1.29 is 22.7 Å². The molecule has 3 aliphatic heterocycles. The number of sulfonamides is 1. The molecule has 1 saturated heterocycles. The van der Waals surface area contributed by atoms with E-state index in [4.69, 9.17) is 9.47 Å². The van der Waals surface area contributed by atoms with Crippen molar-refractivity contribution in [2.24, 2.45) is 5.41 Å². The highest BCUT2D eigenvalue weighted by molar-refractivity contribution is 7.89. The van der Waals surface area contributed by atoms with Crippen LogP contribution in [-0.2, 0) is 26.0 Å². The van der Waals surface area contributed by atoms with Gasteiger partial charge in [-0.25, -0.2) is 18.1 Å². The lowest BCUT2D eigenvalue weighted by Crippen LogP contribution is -2.50. The van der Waals surface area contributed by atoms with Crippen LogP contribution in [-0.4, -0.2) is 62.2 Å². The summed E-state index contributed by atoms with van der Waals surface area (Å²) in [5, 5.41) is 0.941. The summed E-state index contributed by atoms with van der Waals surface area (Å²) in [6.45, 7) is 5.02. The monoisotopic (exact) mass is 564 g/mol. The number of hydrogen-bond donors (Lipinski definition) is 1. The molecule has 212 valence electrons. The van der Waals surface area contributed by atoms with Crippen LogP contribution in [0.3, 0.4) is 0 Å². The third-order valence-corrected chi connectivity index (χ3v) is 10.2. The number of aromatic nitrogens is 2. The van der Waals surface area contributed by atoms with E-state index in [-0.39, 0.29) is 34.6 Å². The molecule has 1 aromatic carbocycles. The zero-order valence-corrected chi connectivity index (χ0v) is 23.9. The van der Waals surface area contributed by atoms with Gasteiger partial charge in [0.05, 0.1) is 22.9 Å². The number of rotatable bonds is 10. The number of carbonyl (C=O) groups is 1. The summed E-state index contributed by atoms with van der Waals surface area (Å²) >= 11 is 0. The first-order valence-corrected chi connectivity index (χ1v) is 15.6. The van der Waals surface area contributed by atoms with E-state index < -0.39 is 10.0 Å². The van der Waals surface area contributed by atoms with Gasteiger partial charge in [0.2, 0.25) is 15.9 Å². The molecule has 2 atom stereocenters. The molecule has 0 spiro atoms. The SMILES string of the molecule is CC[C@@]12C=C(CC(=O)Oc3ccccn3)n3c4c(c5cc(S(=O)(=O)NCCCOC)ccc53)CCN(CCC1)[C@H]42. The third kappa shape index (κ3) is 4.66. The van der Waals surface area contributed by atoms with Crippen LogP contribution in [0.15, 0.2) is 53.6 Å². The maximum absolute atomic E-state index is 13.2. The quantitative estimate of drug-likeness (QED) is 0.290. The highest BCUT2D eigenvalue weighted by Crippen LogP contribution is 2.57. The summed E-state index contributed by atoms with van der Waals surface area (Å²) in [6, 6.07) is 10.8. The van der Waals surface area contributed by atoms with E-state index in [9.17, 15) is 13.2 Å². The lowest BCUT2D eigenvalue weighted by Gasteiger charge is -2.53. The summed E-state index contributed by atoms with van der Waals surface area (Å²) in [6.07, 6.45) is 8.57. The number of nitrogens with zero attached hydrogens (tertiary/aromatic N) is 3. The molecule has 5 heterocycles. The fourth-order valence-corrected chi connectivity index (χ4v) is 8.03. The van der Waals surface area contributed by atoms with Crippen LogP contribution in [0.5, 0.6) is 5.88 Å². The number of methoxy groups -OCH3 is 1. The first-order valence-electron chi connectivity index (χ1n) is 14.1. The Morgan fingerprint density at radius 2 is 2.10 bits per heavy atom. The number of carbonyl (C=O) groups excluding carboxylic acids is 1. The number of hydrogen-bond acceptors (Lipinski definition) is 7. The number of esters is 1. The molecule has 0 radical (unpaired) electrons. The molecule has 0 unspecified atom stereocenters. The molecule has 1 N–H and O–H groups in total. The zero-order valence-electron chi connectivity index (χ0n) is 23.1. The van der Waals surface area contributed by atoms with Crippen molar-refractivity contribution in [3.63, 3.8) is 0 Å². The maximum Gasteiger partial charge on any atom is 0.318 e. The Morgan fingerprint density at radius 3 is 2.88 bits per heavy atom.